The monoisotopic (exact) mass is 311 g/mol. The van der Waals surface area contributed by atoms with Gasteiger partial charge in [0.25, 0.3) is 0 Å². The molecule has 0 fully saturated rings. The largest absolute Gasteiger partial charge is 0.497 e. The quantitative estimate of drug-likeness (QED) is 0.925. The van der Waals surface area contributed by atoms with Gasteiger partial charge in [-0.05, 0) is 30.3 Å². The van der Waals surface area contributed by atoms with Gasteiger partial charge in [-0.15, -0.1) is 0 Å². The molecule has 2 aromatic rings. The van der Waals surface area contributed by atoms with Gasteiger partial charge in [0.05, 0.1) is 13.7 Å². The molecular formula is C17H17N3OS. The maximum Gasteiger partial charge on any atom is 0.150 e. The molecule has 2 aliphatic rings. The number of benzene rings is 2. The van der Waals surface area contributed by atoms with Gasteiger partial charge in [-0.2, -0.15) is 5.10 Å². The van der Waals surface area contributed by atoms with Crippen molar-refractivity contribution in [3.63, 3.8) is 0 Å². The molecule has 1 unspecified atom stereocenters. The van der Waals surface area contributed by atoms with Crippen LogP contribution in [0, 0.1) is 0 Å². The fourth-order valence-corrected chi connectivity index (χ4v) is 4.35. The second kappa shape index (κ2) is 4.95. The van der Waals surface area contributed by atoms with Crippen molar-refractivity contribution in [2.75, 3.05) is 25.6 Å². The number of nitrogens with zero attached hydrogens (tertiary/aromatic N) is 2. The van der Waals surface area contributed by atoms with E-state index in [0.717, 1.165) is 22.9 Å². The molecule has 1 N–H and O–H groups in total. The van der Waals surface area contributed by atoms with Gasteiger partial charge in [-0.1, -0.05) is 30.0 Å². The molecule has 2 heterocycles. The van der Waals surface area contributed by atoms with Crippen molar-refractivity contribution in [1.82, 2.24) is 5.43 Å². The van der Waals surface area contributed by atoms with Crippen LogP contribution in [0.2, 0.25) is 0 Å². The summed E-state index contributed by atoms with van der Waals surface area (Å²) in [6.45, 7) is 0.903. The normalized spacial score (nSPS) is 22.5. The summed E-state index contributed by atoms with van der Waals surface area (Å²) in [5, 5.41) is 5.61. The lowest BCUT2D eigenvalue weighted by molar-refractivity contribution is 0.415. The van der Waals surface area contributed by atoms with E-state index < -0.39 is 0 Å². The van der Waals surface area contributed by atoms with Crippen molar-refractivity contribution >= 4 is 22.5 Å². The van der Waals surface area contributed by atoms with Crippen molar-refractivity contribution in [2.24, 2.45) is 5.10 Å². The Bertz CT molecular complexity index is 744. The number of hydrogen-bond acceptors (Lipinski definition) is 5. The second-order valence-corrected chi connectivity index (χ2v) is 6.85. The van der Waals surface area contributed by atoms with Crippen molar-refractivity contribution in [3.8, 4) is 5.75 Å². The average Bonchev–Trinajstić information content (AvgIpc) is 3.11. The highest BCUT2D eigenvalue weighted by Crippen LogP contribution is 2.49. The van der Waals surface area contributed by atoms with E-state index in [-0.39, 0.29) is 4.87 Å². The molecular weight excluding hydrogens is 294 g/mol. The number of hydrogen-bond donors (Lipinski definition) is 1. The first-order valence-electron chi connectivity index (χ1n) is 7.21. The van der Waals surface area contributed by atoms with Crippen LogP contribution in [0.4, 0.5) is 5.69 Å². The summed E-state index contributed by atoms with van der Waals surface area (Å²) in [6, 6.07) is 16.6. The minimum absolute atomic E-state index is 0.180. The van der Waals surface area contributed by atoms with Gasteiger partial charge >= 0.3 is 0 Å². The van der Waals surface area contributed by atoms with E-state index in [0.29, 0.717) is 0 Å². The maximum absolute atomic E-state index is 5.22. The number of anilines is 1. The van der Waals surface area contributed by atoms with Crippen LogP contribution in [0.1, 0.15) is 11.1 Å². The smallest absolute Gasteiger partial charge is 0.150 e. The van der Waals surface area contributed by atoms with Gasteiger partial charge in [0.15, 0.2) is 4.87 Å². The number of likely N-dealkylation sites (N-methyl/N-ethyl adjacent to an activating group) is 1. The third kappa shape index (κ3) is 1.96. The fourth-order valence-electron chi connectivity index (χ4n) is 3.04. The molecule has 4 rings (SSSR count). The van der Waals surface area contributed by atoms with E-state index in [2.05, 4.69) is 58.9 Å². The van der Waals surface area contributed by atoms with E-state index in [1.807, 2.05) is 12.1 Å². The zero-order chi connectivity index (χ0) is 15.2. The summed E-state index contributed by atoms with van der Waals surface area (Å²) in [7, 11) is 3.81. The highest BCUT2D eigenvalue weighted by atomic mass is 32.2. The van der Waals surface area contributed by atoms with E-state index in [9.17, 15) is 0 Å². The van der Waals surface area contributed by atoms with Crippen LogP contribution in [0.3, 0.4) is 0 Å². The SMILES string of the molecule is COc1ccc(C2=NNC3(CN(C)c4ccccc43)S2)cc1. The Morgan fingerprint density at radius 3 is 2.73 bits per heavy atom. The first-order chi connectivity index (χ1) is 10.7. The number of rotatable bonds is 2. The van der Waals surface area contributed by atoms with Gasteiger partial charge in [0.1, 0.15) is 10.8 Å². The number of ether oxygens (including phenoxy) is 1. The Hall–Kier alpha value is -2.14. The summed E-state index contributed by atoms with van der Waals surface area (Å²) in [4.78, 5) is 2.10. The van der Waals surface area contributed by atoms with Crippen LogP contribution < -0.4 is 15.1 Å². The molecule has 0 amide bonds. The number of methoxy groups -OCH3 is 1. The van der Waals surface area contributed by atoms with E-state index in [1.165, 1.54) is 11.3 Å². The number of para-hydroxylation sites is 1. The van der Waals surface area contributed by atoms with E-state index in [4.69, 9.17) is 4.74 Å². The van der Waals surface area contributed by atoms with Crippen LogP contribution >= 0.6 is 11.8 Å². The molecule has 4 nitrogen and oxygen atoms in total. The lowest BCUT2D eigenvalue weighted by Gasteiger charge is -2.23. The molecule has 112 valence electrons. The topological polar surface area (TPSA) is 36.9 Å². The summed E-state index contributed by atoms with van der Waals surface area (Å²) in [6.07, 6.45) is 0. The van der Waals surface area contributed by atoms with Crippen LogP contribution in [0.25, 0.3) is 0 Å². The summed E-state index contributed by atoms with van der Waals surface area (Å²) in [5.74, 6) is 0.862. The van der Waals surface area contributed by atoms with E-state index in [1.54, 1.807) is 18.9 Å². The molecule has 0 saturated carbocycles. The van der Waals surface area contributed by atoms with Gasteiger partial charge in [-0.25, -0.2) is 0 Å². The lowest BCUT2D eigenvalue weighted by atomic mass is 10.1. The van der Waals surface area contributed by atoms with Gasteiger partial charge in [0, 0.05) is 23.9 Å². The Balaban J connectivity index is 1.64. The highest BCUT2D eigenvalue weighted by molar-refractivity contribution is 8.15. The number of nitrogens with one attached hydrogen (secondary N) is 1. The van der Waals surface area contributed by atoms with Gasteiger partial charge in [-0.3, -0.25) is 5.43 Å². The number of hydrazone groups is 1. The molecule has 0 aliphatic carbocycles. The number of thioether (sulfide) groups is 1. The third-order valence-electron chi connectivity index (χ3n) is 4.16. The van der Waals surface area contributed by atoms with Crippen molar-refractivity contribution in [3.05, 3.63) is 59.7 Å². The molecule has 22 heavy (non-hydrogen) atoms. The molecule has 5 heteroatoms. The molecule has 0 bridgehead atoms. The summed E-state index contributed by atoms with van der Waals surface area (Å²) in [5.41, 5.74) is 7.06. The highest BCUT2D eigenvalue weighted by Gasteiger charge is 2.46. The van der Waals surface area contributed by atoms with Crippen LogP contribution in [-0.2, 0) is 4.87 Å². The fraction of sp³-hybridized carbons (Fsp3) is 0.235. The molecule has 2 aromatic carbocycles. The summed E-state index contributed by atoms with van der Waals surface area (Å²) < 4.78 is 5.22. The first-order valence-corrected chi connectivity index (χ1v) is 8.02. The third-order valence-corrected chi connectivity index (χ3v) is 5.47. The molecule has 0 saturated heterocycles. The van der Waals surface area contributed by atoms with Crippen molar-refractivity contribution in [1.29, 1.82) is 0 Å². The van der Waals surface area contributed by atoms with Gasteiger partial charge in [0.2, 0.25) is 0 Å². The zero-order valence-corrected chi connectivity index (χ0v) is 13.4. The predicted molar refractivity (Wildman–Crippen MR) is 91.6 cm³/mol. The Morgan fingerprint density at radius 1 is 1.18 bits per heavy atom. The van der Waals surface area contributed by atoms with Crippen molar-refractivity contribution < 1.29 is 4.74 Å². The lowest BCUT2D eigenvalue weighted by Crippen LogP contribution is -2.37. The molecule has 0 radical (unpaired) electrons. The summed E-state index contributed by atoms with van der Waals surface area (Å²) >= 11 is 1.79. The predicted octanol–water partition coefficient (Wildman–Crippen LogP) is 3.00. The van der Waals surface area contributed by atoms with Gasteiger partial charge < -0.3 is 9.64 Å². The maximum atomic E-state index is 5.22. The van der Waals surface area contributed by atoms with Crippen LogP contribution in [0.15, 0.2) is 53.6 Å². The Labute approximate surface area is 134 Å². The molecule has 2 aliphatic heterocycles. The zero-order valence-electron chi connectivity index (χ0n) is 12.5. The Morgan fingerprint density at radius 2 is 1.95 bits per heavy atom. The second-order valence-electron chi connectivity index (χ2n) is 5.56. The van der Waals surface area contributed by atoms with Crippen LogP contribution in [-0.4, -0.2) is 25.7 Å². The van der Waals surface area contributed by atoms with Crippen molar-refractivity contribution in [2.45, 2.75) is 4.87 Å². The first kappa shape index (κ1) is 13.5. The molecule has 1 spiro atoms. The molecule has 0 aromatic heterocycles. The minimum Gasteiger partial charge on any atom is -0.497 e. The average molecular weight is 311 g/mol. The minimum atomic E-state index is -0.180. The van der Waals surface area contributed by atoms with Crippen LogP contribution in [0.5, 0.6) is 5.75 Å². The van der Waals surface area contributed by atoms with E-state index >= 15 is 0 Å². The standard InChI is InChI=1S/C17H17N3OS/c1-20-11-17(14-5-3-4-6-15(14)20)19-18-16(22-17)12-7-9-13(21-2)10-8-12/h3-10,19H,11H2,1-2H3. The molecule has 1 atom stereocenters. The Kier molecular flexibility index (Phi) is 3.04. The number of fused-ring (bicyclic) bond motifs is 2.